The Morgan fingerprint density at radius 2 is 2.16 bits per heavy atom. The molecule has 1 aliphatic heterocycles. The van der Waals surface area contributed by atoms with Crippen LogP contribution in [0.4, 0.5) is 0 Å². The van der Waals surface area contributed by atoms with Gasteiger partial charge in [-0.3, -0.25) is 4.79 Å². The number of nitrogens with one attached hydrogen (secondary N) is 1. The van der Waals surface area contributed by atoms with Gasteiger partial charge in [0.25, 0.3) is 0 Å². The highest BCUT2D eigenvalue weighted by molar-refractivity contribution is 5.91. The number of amides is 1. The van der Waals surface area contributed by atoms with Gasteiger partial charge in [0.05, 0.1) is 0 Å². The van der Waals surface area contributed by atoms with E-state index in [0.717, 1.165) is 23.6 Å². The number of hydrogen-bond donors (Lipinski definition) is 1. The summed E-state index contributed by atoms with van der Waals surface area (Å²) in [5, 5.41) is 2.93. The van der Waals surface area contributed by atoms with Gasteiger partial charge in [-0.05, 0) is 42.5 Å². The van der Waals surface area contributed by atoms with Gasteiger partial charge in [-0.2, -0.15) is 0 Å². The summed E-state index contributed by atoms with van der Waals surface area (Å²) < 4.78 is 10.5. The van der Waals surface area contributed by atoms with Gasteiger partial charge >= 0.3 is 0 Å². The molecule has 1 saturated carbocycles. The number of rotatable bonds is 4. The molecule has 0 aromatic heterocycles. The highest BCUT2D eigenvalue weighted by atomic mass is 16.7. The van der Waals surface area contributed by atoms with E-state index in [1.165, 1.54) is 19.3 Å². The van der Waals surface area contributed by atoms with Crippen LogP contribution in [0.3, 0.4) is 0 Å². The molecule has 1 amide bonds. The minimum atomic E-state index is -0.0374. The monoisotopic (exact) mass is 259 g/mol. The van der Waals surface area contributed by atoms with Crippen molar-refractivity contribution in [2.45, 2.75) is 19.3 Å². The number of hydrogen-bond acceptors (Lipinski definition) is 3. The highest BCUT2D eigenvalue weighted by Crippen LogP contribution is 2.32. The van der Waals surface area contributed by atoms with Crippen molar-refractivity contribution in [2.24, 2.45) is 5.92 Å². The first kappa shape index (κ1) is 12.1. The molecule has 19 heavy (non-hydrogen) atoms. The molecule has 0 spiro atoms. The molecule has 0 unspecified atom stereocenters. The van der Waals surface area contributed by atoms with Gasteiger partial charge in [-0.1, -0.05) is 12.5 Å². The van der Waals surface area contributed by atoms with Crippen LogP contribution in [0.5, 0.6) is 11.5 Å². The fraction of sp³-hybridized carbons (Fsp3) is 0.400. The average molecular weight is 259 g/mol. The Morgan fingerprint density at radius 3 is 2.95 bits per heavy atom. The lowest BCUT2D eigenvalue weighted by Crippen LogP contribution is -2.30. The quantitative estimate of drug-likeness (QED) is 0.844. The molecule has 0 radical (unpaired) electrons. The van der Waals surface area contributed by atoms with Gasteiger partial charge in [-0.25, -0.2) is 0 Å². The van der Waals surface area contributed by atoms with Gasteiger partial charge in [-0.15, -0.1) is 0 Å². The molecular formula is C15H17NO3. The average Bonchev–Trinajstić information content (AvgIpc) is 2.81. The van der Waals surface area contributed by atoms with Crippen molar-refractivity contribution in [2.75, 3.05) is 13.3 Å². The number of fused-ring (bicyclic) bond motifs is 1. The molecule has 4 heteroatoms. The Kier molecular flexibility index (Phi) is 3.40. The Hall–Kier alpha value is -1.97. The van der Waals surface area contributed by atoms with Crippen LogP contribution < -0.4 is 14.8 Å². The Morgan fingerprint density at radius 1 is 1.32 bits per heavy atom. The number of ether oxygens (including phenoxy) is 2. The molecule has 1 aromatic carbocycles. The van der Waals surface area contributed by atoms with Crippen molar-refractivity contribution < 1.29 is 14.3 Å². The normalized spacial score (nSPS) is 17.5. The minimum absolute atomic E-state index is 0.0374. The van der Waals surface area contributed by atoms with Crippen molar-refractivity contribution in [3.63, 3.8) is 0 Å². The zero-order valence-electron chi connectivity index (χ0n) is 10.7. The van der Waals surface area contributed by atoms with E-state index in [9.17, 15) is 4.79 Å². The van der Waals surface area contributed by atoms with Crippen LogP contribution in [0.15, 0.2) is 24.3 Å². The highest BCUT2D eigenvalue weighted by Gasteiger charge is 2.17. The maximum absolute atomic E-state index is 11.6. The first-order chi connectivity index (χ1) is 9.31. The topological polar surface area (TPSA) is 47.6 Å². The fourth-order valence-corrected chi connectivity index (χ4v) is 2.19. The lowest BCUT2D eigenvalue weighted by Gasteiger charge is -2.24. The Bertz CT molecular complexity index is 506. The van der Waals surface area contributed by atoms with E-state index < -0.39 is 0 Å². The van der Waals surface area contributed by atoms with E-state index in [-0.39, 0.29) is 12.7 Å². The van der Waals surface area contributed by atoms with Crippen LogP contribution in [-0.2, 0) is 4.79 Å². The zero-order valence-corrected chi connectivity index (χ0v) is 10.7. The zero-order chi connectivity index (χ0) is 13.1. The molecule has 3 rings (SSSR count). The van der Waals surface area contributed by atoms with Crippen LogP contribution in [0, 0.1) is 5.92 Å². The lowest BCUT2D eigenvalue weighted by molar-refractivity contribution is -0.116. The summed E-state index contributed by atoms with van der Waals surface area (Å²) in [6.07, 6.45) is 7.14. The summed E-state index contributed by atoms with van der Waals surface area (Å²) >= 11 is 0. The SMILES string of the molecule is O=C(/C=C/c1ccc2c(c1)OCO2)NCC1CCC1. The van der Waals surface area contributed by atoms with E-state index in [2.05, 4.69) is 5.32 Å². The van der Waals surface area contributed by atoms with Crippen molar-refractivity contribution >= 4 is 12.0 Å². The molecule has 0 bridgehead atoms. The third-order valence-electron chi connectivity index (χ3n) is 3.61. The van der Waals surface area contributed by atoms with Gasteiger partial charge in [0.15, 0.2) is 11.5 Å². The van der Waals surface area contributed by atoms with Gasteiger partial charge in [0.2, 0.25) is 12.7 Å². The van der Waals surface area contributed by atoms with E-state index in [1.807, 2.05) is 18.2 Å². The van der Waals surface area contributed by atoms with Crippen molar-refractivity contribution in [1.29, 1.82) is 0 Å². The second kappa shape index (κ2) is 5.34. The first-order valence-electron chi connectivity index (χ1n) is 6.67. The van der Waals surface area contributed by atoms with Crippen LogP contribution in [-0.4, -0.2) is 19.2 Å². The molecule has 4 nitrogen and oxygen atoms in total. The molecule has 1 heterocycles. The van der Waals surface area contributed by atoms with Gasteiger partial charge in [0.1, 0.15) is 0 Å². The first-order valence-corrected chi connectivity index (χ1v) is 6.67. The molecule has 1 N–H and O–H groups in total. The molecule has 1 aliphatic carbocycles. The summed E-state index contributed by atoms with van der Waals surface area (Å²) in [5.41, 5.74) is 0.933. The van der Waals surface area contributed by atoms with Crippen molar-refractivity contribution in [3.05, 3.63) is 29.8 Å². The predicted molar refractivity (Wildman–Crippen MR) is 71.9 cm³/mol. The lowest BCUT2D eigenvalue weighted by atomic mass is 9.85. The van der Waals surface area contributed by atoms with Crippen molar-refractivity contribution in [1.82, 2.24) is 5.32 Å². The van der Waals surface area contributed by atoms with Crippen molar-refractivity contribution in [3.8, 4) is 11.5 Å². The predicted octanol–water partition coefficient (Wildman–Crippen LogP) is 2.34. The maximum Gasteiger partial charge on any atom is 0.244 e. The molecule has 100 valence electrons. The second-order valence-corrected chi connectivity index (χ2v) is 4.99. The van der Waals surface area contributed by atoms with Gasteiger partial charge in [0, 0.05) is 12.6 Å². The van der Waals surface area contributed by atoms with E-state index in [4.69, 9.17) is 9.47 Å². The van der Waals surface area contributed by atoms with Gasteiger partial charge < -0.3 is 14.8 Å². The molecule has 1 fully saturated rings. The van der Waals surface area contributed by atoms with E-state index in [1.54, 1.807) is 12.2 Å². The fourth-order valence-electron chi connectivity index (χ4n) is 2.19. The van der Waals surface area contributed by atoms with Crippen LogP contribution in [0.1, 0.15) is 24.8 Å². The molecule has 1 aromatic rings. The third-order valence-corrected chi connectivity index (χ3v) is 3.61. The minimum Gasteiger partial charge on any atom is -0.454 e. The summed E-state index contributed by atoms with van der Waals surface area (Å²) in [4.78, 5) is 11.6. The van der Waals surface area contributed by atoms with Crippen LogP contribution in [0.25, 0.3) is 6.08 Å². The number of benzene rings is 1. The standard InChI is InChI=1S/C15H17NO3/c17-15(16-9-12-2-1-3-12)7-5-11-4-6-13-14(8-11)19-10-18-13/h4-8,12H,1-3,9-10H2,(H,16,17)/b7-5+. The third kappa shape index (κ3) is 2.89. The largest absolute Gasteiger partial charge is 0.454 e. The summed E-state index contributed by atoms with van der Waals surface area (Å²) in [5.74, 6) is 2.14. The Labute approximate surface area is 112 Å². The Balaban J connectivity index is 1.54. The van der Waals surface area contributed by atoms with E-state index in [0.29, 0.717) is 5.92 Å². The maximum atomic E-state index is 11.6. The summed E-state index contributed by atoms with van der Waals surface area (Å²) in [6, 6.07) is 5.63. The molecular weight excluding hydrogens is 242 g/mol. The molecule has 2 aliphatic rings. The summed E-state index contributed by atoms with van der Waals surface area (Å²) in [7, 11) is 0. The second-order valence-electron chi connectivity index (χ2n) is 4.99. The number of carbonyl (C=O) groups is 1. The molecule has 0 atom stereocenters. The van der Waals surface area contributed by atoms with E-state index >= 15 is 0 Å². The smallest absolute Gasteiger partial charge is 0.244 e. The molecule has 0 saturated heterocycles. The number of carbonyl (C=O) groups excluding carboxylic acids is 1. The summed E-state index contributed by atoms with van der Waals surface area (Å²) in [6.45, 7) is 1.06. The van der Waals surface area contributed by atoms with Crippen LogP contribution in [0.2, 0.25) is 0 Å². The van der Waals surface area contributed by atoms with Crippen LogP contribution >= 0.6 is 0 Å².